The molecule has 2 aromatic carbocycles. The van der Waals surface area contributed by atoms with Crippen molar-refractivity contribution < 1.29 is 23.9 Å². The van der Waals surface area contributed by atoms with Crippen molar-refractivity contribution in [3.8, 4) is 11.5 Å². The first-order chi connectivity index (χ1) is 19.2. The Morgan fingerprint density at radius 3 is 2.23 bits per heavy atom. The smallest absolute Gasteiger partial charge is 0.335 e. The fraction of sp³-hybridized carbons (Fsp3) is 0.469. The van der Waals surface area contributed by atoms with E-state index >= 15 is 0 Å². The Hall–Kier alpha value is -2.88. The Morgan fingerprint density at radius 2 is 1.65 bits per heavy atom. The molecule has 0 unspecified atom stereocenters. The molecule has 4 aliphatic carbocycles. The van der Waals surface area contributed by atoms with Crippen LogP contribution in [0.2, 0.25) is 0 Å². The number of carbonyl (C=O) groups excluding carboxylic acids is 3. The van der Waals surface area contributed by atoms with Crippen molar-refractivity contribution in [1.29, 1.82) is 0 Å². The van der Waals surface area contributed by atoms with Gasteiger partial charge in [0.15, 0.2) is 11.5 Å². The molecule has 0 atom stereocenters. The van der Waals surface area contributed by atoms with Gasteiger partial charge in [0.05, 0.1) is 22.0 Å². The fourth-order valence-electron chi connectivity index (χ4n) is 7.77. The van der Waals surface area contributed by atoms with Crippen LogP contribution < -0.4 is 19.7 Å². The molecule has 4 bridgehead atoms. The van der Waals surface area contributed by atoms with Gasteiger partial charge in [-0.2, -0.15) is 0 Å². The molecule has 7 rings (SSSR count). The summed E-state index contributed by atoms with van der Waals surface area (Å²) in [7, 11) is 0. The Kier molecular flexibility index (Phi) is 7.17. The number of amides is 4. The van der Waals surface area contributed by atoms with Gasteiger partial charge in [0, 0.05) is 0 Å². The largest absolute Gasteiger partial charge is 0.490 e. The summed E-state index contributed by atoms with van der Waals surface area (Å²) < 4.78 is 12.5. The Bertz CT molecular complexity index is 1360. The molecular formula is C32H35IN2O5. The van der Waals surface area contributed by atoms with Gasteiger partial charge in [-0.05, 0) is 147 Å². The van der Waals surface area contributed by atoms with Crippen LogP contribution in [0.15, 0.2) is 42.0 Å². The number of benzene rings is 2. The van der Waals surface area contributed by atoms with Crippen molar-refractivity contribution in [3.63, 3.8) is 0 Å². The number of barbiturate groups is 1. The average Bonchev–Trinajstić information content (AvgIpc) is 2.88. The second-order valence-corrected chi connectivity index (χ2v) is 13.3. The number of ether oxygens (including phenoxy) is 2. The molecule has 5 fully saturated rings. The number of imide groups is 2. The van der Waals surface area contributed by atoms with E-state index in [-0.39, 0.29) is 17.1 Å². The van der Waals surface area contributed by atoms with Crippen LogP contribution in [0.4, 0.5) is 10.5 Å². The summed E-state index contributed by atoms with van der Waals surface area (Å²) >= 11 is 2.16. The number of rotatable bonds is 7. The number of urea groups is 1. The van der Waals surface area contributed by atoms with E-state index in [0.29, 0.717) is 29.4 Å². The summed E-state index contributed by atoms with van der Waals surface area (Å²) in [4.78, 5) is 40.3. The number of nitrogens with zero attached hydrogens (tertiary/aromatic N) is 1. The molecule has 0 radical (unpaired) electrons. The highest BCUT2D eigenvalue weighted by atomic mass is 127. The summed E-state index contributed by atoms with van der Waals surface area (Å²) in [5.41, 5.74) is 2.49. The highest BCUT2D eigenvalue weighted by Gasteiger charge is 2.51. The normalized spacial score (nSPS) is 28.4. The fourth-order valence-corrected chi connectivity index (χ4v) is 8.52. The molecule has 7 nitrogen and oxygen atoms in total. The van der Waals surface area contributed by atoms with Crippen LogP contribution in [-0.4, -0.2) is 30.6 Å². The molecular weight excluding hydrogens is 619 g/mol. The highest BCUT2D eigenvalue weighted by molar-refractivity contribution is 14.1. The Balaban J connectivity index is 1.29. The van der Waals surface area contributed by atoms with Crippen molar-refractivity contribution in [3.05, 3.63) is 56.7 Å². The Labute approximate surface area is 248 Å². The summed E-state index contributed by atoms with van der Waals surface area (Å²) in [6.07, 6.45) is 9.32. The molecule has 40 heavy (non-hydrogen) atoms. The number of halogens is 1. The first kappa shape index (κ1) is 27.3. The summed E-state index contributed by atoms with van der Waals surface area (Å²) in [5, 5.41) is 2.34. The minimum Gasteiger partial charge on any atom is -0.490 e. The van der Waals surface area contributed by atoms with Gasteiger partial charge in [0.25, 0.3) is 11.8 Å². The van der Waals surface area contributed by atoms with E-state index in [1.165, 1.54) is 50.2 Å². The standard InChI is InChI=1S/C32H35IN2O5/c1-4-39-27-14-19(13-26(33)28(27)40-18(2)3)12-25-29(36)34-31(38)35(30(25)37)24-7-5-23(6-8-24)32-15-20-9-21(16-32)11-22(10-20)17-32/h5-8,12-14,18,20-22H,4,9-11,15-17H2,1-3H3,(H,34,36,38)/b25-12+. The molecule has 2 aromatic rings. The molecule has 1 saturated heterocycles. The van der Waals surface area contributed by atoms with Crippen molar-refractivity contribution in [2.24, 2.45) is 17.8 Å². The van der Waals surface area contributed by atoms with E-state index in [1.807, 2.05) is 39.0 Å². The van der Waals surface area contributed by atoms with Crippen LogP contribution in [0.3, 0.4) is 0 Å². The number of hydrogen-bond acceptors (Lipinski definition) is 5. The lowest BCUT2D eigenvalue weighted by Crippen LogP contribution is -2.54. The van der Waals surface area contributed by atoms with Crippen molar-refractivity contribution in [1.82, 2.24) is 5.32 Å². The number of nitrogens with one attached hydrogen (secondary N) is 1. The van der Waals surface area contributed by atoms with Crippen LogP contribution in [-0.2, 0) is 15.0 Å². The first-order valence-corrected chi connectivity index (χ1v) is 15.4. The lowest BCUT2D eigenvalue weighted by atomic mass is 9.48. The maximum Gasteiger partial charge on any atom is 0.335 e. The maximum atomic E-state index is 13.6. The number of carbonyl (C=O) groups is 3. The zero-order valence-corrected chi connectivity index (χ0v) is 25.3. The second-order valence-electron chi connectivity index (χ2n) is 12.1. The predicted molar refractivity (Wildman–Crippen MR) is 161 cm³/mol. The quantitative estimate of drug-likeness (QED) is 0.206. The lowest BCUT2D eigenvalue weighted by Gasteiger charge is -2.57. The van der Waals surface area contributed by atoms with Crippen LogP contribution in [0.5, 0.6) is 11.5 Å². The third-order valence-corrected chi connectivity index (χ3v) is 9.68. The van der Waals surface area contributed by atoms with E-state index in [9.17, 15) is 14.4 Å². The van der Waals surface area contributed by atoms with Crippen molar-refractivity contribution >= 4 is 52.2 Å². The van der Waals surface area contributed by atoms with Gasteiger partial charge in [-0.15, -0.1) is 0 Å². The molecule has 4 amide bonds. The monoisotopic (exact) mass is 654 g/mol. The minimum absolute atomic E-state index is 0.0449. The molecule has 0 spiro atoms. The van der Waals surface area contributed by atoms with Gasteiger partial charge in [0.1, 0.15) is 5.57 Å². The summed E-state index contributed by atoms with van der Waals surface area (Å²) in [6, 6.07) is 10.7. The molecule has 1 aliphatic heterocycles. The van der Waals surface area contributed by atoms with Gasteiger partial charge in [-0.3, -0.25) is 14.9 Å². The van der Waals surface area contributed by atoms with Gasteiger partial charge in [-0.25, -0.2) is 9.69 Å². The molecule has 5 aliphatic rings. The first-order valence-electron chi connectivity index (χ1n) is 14.3. The third kappa shape index (κ3) is 4.92. The minimum atomic E-state index is -0.736. The van der Waals surface area contributed by atoms with Gasteiger partial charge < -0.3 is 9.47 Å². The van der Waals surface area contributed by atoms with E-state index in [0.717, 1.165) is 26.2 Å². The van der Waals surface area contributed by atoms with Crippen molar-refractivity contribution in [2.45, 2.75) is 70.8 Å². The SMILES string of the molecule is CCOc1cc(/C=C2\C(=O)NC(=O)N(c3ccc(C45CC6CC(CC(C6)C4)C5)cc3)C2=O)cc(I)c1OC(C)C. The molecule has 1 N–H and O–H groups in total. The molecule has 4 saturated carbocycles. The van der Waals surface area contributed by atoms with E-state index in [4.69, 9.17) is 9.47 Å². The number of anilines is 1. The summed E-state index contributed by atoms with van der Waals surface area (Å²) in [5.74, 6) is 2.28. The topological polar surface area (TPSA) is 84.9 Å². The van der Waals surface area contributed by atoms with Gasteiger partial charge in [-0.1, -0.05) is 12.1 Å². The zero-order valence-electron chi connectivity index (χ0n) is 23.2. The zero-order chi connectivity index (χ0) is 28.2. The van der Waals surface area contributed by atoms with Crippen LogP contribution in [0.1, 0.15) is 70.4 Å². The van der Waals surface area contributed by atoms with E-state index < -0.39 is 17.8 Å². The van der Waals surface area contributed by atoms with Gasteiger partial charge >= 0.3 is 6.03 Å². The van der Waals surface area contributed by atoms with Crippen molar-refractivity contribution in [2.75, 3.05) is 11.5 Å². The maximum absolute atomic E-state index is 13.6. The third-order valence-electron chi connectivity index (χ3n) is 8.87. The summed E-state index contributed by atoms with van der Waals surface area (Å²) in [6.45, 7) is 6.20. The van der Waals surface area contributed by atoms with Crippen LogP contribution >= 0.6 is 22.6 Å². The highest BCUT2D eigenvalue weighted by Crippen LogP contribution is 2.60. The average molecular weight is 655 g/mol. The number of hydrogen-bond donors (Lipinski definition) is 1. The van der Waals surface area contributed by atoms with Gasteiger partial charge in [0.2, 0.25) is 0 Å². The second kappa shape index (κ2) is 10.5. The molecule has 8 heteroatoms. The molecule has 1 heterocycles. The van der Waals surface area contributed by atoms with Crippen LogP contribution in [0.25, 0.3) is 6.08 Å². The molecule has 210 valence electrons. The van der Waals surface area contributed by atoms with E-state index in [1.54, 1.807) is 6.07 Å². The Morgan fingerprint density at radius 1 is 1.02 bits per heavy atom. The van der Waals surface area contributed by atoms with Crippen LogP contribution in [0, 0.1) is 21.3 Å². The predicted octanol–water partition coefficient (Wildman–Crippen LogP) is 6.61. The van der Waals surface area contributed by atoms with E-state index in [2.05, 4.69) is 40.0 Å². The molecule has 0 aromatic heterocycles. The lowest BCUT2D eigenvalue weighted by molar-refractivity contribution is -0.122.